The number of H-pyrrole nitrogens is 1. The first-order valence-corrected chi connectivity index (χ1v) is 10.4. The summed E-state index contributed by atoms with van der Waals surface area (Å²) < 4.78 is 5.56. The molecule has 1 aromatic heterocycles. The number of fused-ring (bicyclic) bond motifs is 2. The number of amides is 1. The molecule has 1 unspecified atom stereocenters. The van der Waals surface area contributed by atoms with E-state index in [9.17, 15) is 4.79 Å². The average molecular weight is 396 g/mol. The number of hydrogen-bond donors (Lipinski definition) is 2. The van der Waals surface area contributed by atoms with Crippen molar-refractivity contribution in [2.75, 3.05) is 13.2 Å². The van der Waals surface area contributed by atoms with E-state index in [0.29, 0.717) is 13.0 Å². The number of nitrogens with one attached hydrogen (secondary N) is 2. The van der Waals surface area contributed by atoms with Crippen molar-refractivity contribution >= 4 is 16.8 Å². The summed E-state index contributed by atoms with van der Waals surface area (Å²) in [5.41, 5.74) is 5.73. The van der Waals surface area contributed by atoms with E-state index in [1.54, 1.807) is 0 Å². The van der Waals surface area contributed by atoms with E-state index in [2.05, 4.69) is 52.9 Å². The number of aromatic amines is 1. The molecule has 0 bridgehead atoms. The molecule has 4 heteroatoms. The quantitative estimate of drug-likeness (QED) is 0.501. The third kappa shape index (κ3) is 3.69. The third-order valence-electron chi connectivity index (χ3n) is 5.82. The lowest BCUT2D eigenvalue weighted by Crippen LogP contribution is -2.30. The summed E-state index contributed by atoms with van der Waals surface area (Å²) in [7, 11) is 0. The van der Waals surface area contributed by atoms with Gasteiger partial charge in [0.25, 0.3) is 0 Å². The molecule has 2 N–H and O–H groups in total. The minimum atomic E-state index is 0.0367. The van der Waals surface area contributed by atoms with Crippen LogP contribution in [-0.2, 0) is 17.6 Å². The number of para-hydroxylation sites is 1. The van der Waals surface area contributed by atoms with Gasteiger partial charge in [0, 0.05) is 36.0 Å². The molecule has 1 aliphatic heterocycles. The highest BCUT2D eigenvalue weighted by molar-refractivity contribution is 5.84. The van der Waals surface area contributed by atoms with Crippen LogP contribution in [0.5, 0.6) is 5.75 Å². The predicted molar refractivity (Wildman–Crippen MR) is 119 cm³/mol. The zero-order valence-electron chi connectivity index (χ0n) is 16.7. The molecule has 0 saturated heterocycles. The highest BCUT2D eigenvalue weighted by atomic mass is 16.5. The van der Waals surface area contributed by atoms with E-state index < -0.39 is 0 Å². The molecule has 0 radical (unpaired) electrons. The maximum absolute atomic E-state index is 12.7. The molecule has 1 atom stereocenters. The molecule has 1 aliphatic rings. The van der Waals surface area contributed by atoms with Crippen molar-refractivity contribution in [3.63, 3.8) is 0 Å². The second-order valence-electron chi connectivity index (χ2n) is 7.77. The molecule has 2 heterocycles. The van der Waals surface area contributed by atoms with Crippen molar-refractivity contribution in [1.82, 2.24) is 10.3 Å². The molecule has 5 rings (SSSR count). The molecule has 0 saturated carbocycles. The van der Waals surface area contributed by atoms with Crippen molar-refractivity contribution < 1.29 is 9.53 Å². The Morgan fingerprint density at radius 2 is 1.87 bits per heavy atom. The lowest BCUT2D eigenvalue weighted by atomic mass is 9.91. The van der Waals surface area contributed by atoms with Crippen LogP contribution in [0, 0.1) is 0 Å². The second-order valence-corrected chi connectivity index (χ2v) is 7.77. The first kappa shape index (κ1) is 18.5. The van der Waals surface area contributed by atoms with Gasteiger partial charge in [0.15, 0.2) is 0 Å². The van der Waals surface area contributed by atoms with Gasteiger partial charge in [0.05, 0.1) is 13.0 Å². The van der Waals surface area contributed by atoms with Crippen LogP contribution in [0.3, 0.4) is 0 Å². The fourth-order valence-electron chi connectivity index (χ4n) is 4.29. The van der Waals surface area contributed by atoms with Gasteiger partial charge in [0.1, 0.15) is 5.75 Å². The van der Waals surface area contributed by atoms with Crippen LogP contribution in [-0.4, -0.2) is 24.0 Å². The molecule has 4 nitrogen and oxygen atoms in total. The molecule has 30 heavy (non-hydrogen) atoms. The summed E-state index contributed by atoms with van der Waals surface area (Å²) in [6, 6.07) is 24.7. The zero-order valence-corrected chi connectivity index (χ0v) is 16.7. The maximum atomic E-state index is 12.7. The Labute approximate surface area is 175 Å². The van der Waals surface area contributed by atoms with Crippen LogP contribution in [0.15, 0.2) is 79.0 Å². The third-order valence-corrected chi connectivity index (χ3v) is 5.82. The minimum Gasteiger partial charge on any atom is -0.493 e. The summed E-state index contributed by atoms with van der Waals surface area (Å²) in [6.45, 7) is 1.28. The van der Waals surface area contributed by atoms with Gasteiger partial charge >= 0.3 is 0 Å². The standard InChI is InChI=1S/C26H24N2O2/c29-26(15-18-10-11-25-20(14-18)12-13-30-25)28-16-22(19-6-2-1-3-7-19)23-17-27-24-9-5-4-8-21(23)24/h1-11,14,17,22,27H,12-13,15-16H2,(H,28,29). The Morgan fingerprint density at radius 3 is 2.77 bits per heavy atom. The Balaban J connectivity index is 1.35. The summed E-state index contributed by atoms with van der Waals surface area (Å²) in [4.78, 5) is 16.1. The first-order chi connectivity index (χ1) is 14.8. The fraction of sp³-hybridized carbons (Fsp3) is 0.192. The summed E-state index contributed by atoms with van der Waals surface area (Å²) in [5.74, 6) is 1.07. The van der Waals surface area contributed by atoms with Crippen molar-refractivity contribution in [3.8, 4) is 5.75 Å². The monoisotopic (exact) mass is 396 g/mol. The number of rotatable bonds is 6. The van der Waals surface area contributed by atoms with Crippen LogP contribution in [0.25, 0.3) is 10.9 Å². The topological polar surface area (TPSA) is 54.1 Å². The van der Waals surface area contributed by atoms with Gasteiger partial charge in [-0.3, -0.25) is 4.79 Å². The van der Waals surface area contributed by atoms with E-state index in [-0.39, 0.29) is 11.8 Å². The van der Waals surface area contributed by atoms with Gasteiger partial charge in [-0.05, 0) is 34.4 Å². The Bertz CT molecular complexity index is 1180. The summed E-state index contributed by atoms with van der Waals surface area (Å²) >= 11 is 0. The van der Waals surface area contributed by atoms with Crippen LogP contribution in [0.4, 0.5) is 0 Å². The molecule has 150 valence electrons. The number of carbonyl (C=O) groups is 1. The molecule has 0 spiro atoms. The summed E-state index contributed by atoms with van der Waals surface area (Å²) in [5, 5.41) is 4.36. The fourth-order valence-corrected chi connectivity index (χ4v) is 4.29. The molecular formula is C26H24N2O2. The van der Waals surface area contributed by atoms with Crippen molar-refractivity contribution in [3.05, 3.63) is 101 Å². The smallest absolute Gasteiger partial charge is 0.224 e. The average Bonchev–Trinajstić information content (AvgIpc) is 3.42. The van der Waals surface area contributed by atoms with Gasteiger partial charge in [-0.15, -0.1) is 0 Å². The lowest BCUT2D eigenvalue weighted by molar-refractivity contribution is -0.120. The van der Waals surface area contributed by atoms with Gasteiger partial charge in [-0.25, -0.2) is 0 Å². The Hall–Kier alpha value is -3.53. The zero-order chi connectivity index (χ0) is 20.3. The van der Waals surface area contributed by atoms with E-state index in [1.807, 2.05) is 36.4 Å². The summed E-state index contributed by atoms with van der Waals surface area (Å²) in [6.07, 6.45) is 3.36. The lowest BCUT2D eigenvalue weighted by Gasteiger charge is -2.18. The van der Waals surface area contributed by atoms with Gasteiger partial charge in [-0.1, -0.05) is 60.7 Å². The number of aromatic nitrogens is 1. The van der Waals surface area contributed by atoms with Crippen LogP contribution in [0.1, 0.15) is 28.2 Å². The van der Waals surface area contributed by atoms with Crippen molar-refractivity contribution in [2.45, 2.75) is 18.8 Å². The van der Waals surface area contributed by atoms with Crippen molar-refractivity contribution in [1.29, 1.82) is 0 Å². The number of benzene rings is 3. The highest BCUT2D eigenvalue weighted by Crippen LogP contribution is 2.30. The first-order valence-electron chi connectivity index (χ1n) is 10.4. The van der Waals surface area contributed by atoms with E-state index in [4.69, 9.17) is 4.74 Å². The molecule has 0 fully saturated rings. The molecule has 3 aromatic carbocycles. The van der Waals surface area contributed by atoms with Crippen molar-refractivity contribution in [2.24, 2.45) is 0 Å². The number of carbonyl (C=O) groups excluding carboxylic acids is 1. The SMILES string of the molecule is O=C(Cc1ccc2c(c1)CCO2)NCC(c1ccccc1)c1c[nH]c2ccccc12. The van der Waals surface area contributed by atoms with Crippen LogP contribution < -0.4 is 10.1 Å². The predicted octanol–water partition coefficient (Wildman–Crippen LogP) is 4.59. The van der Waals surface area contributed by atoms with E-state index >= 15 is 0 Å². The Kier molecular flexibility index (Phi) is 4.98. The van der Waals surface area contributed by atoms with Crippen LogP contribution in [0.2, 0.25) is 0 Å². The highest BCUT2D eigenvalue weighted by Gasteiger charge is 2.19. The Morgan fingerprint density at radius 1 is 1.03 bits per heavy atom. The van der Waals surface area contributed by atoms with Gasteiger partial charge in [-0.2, -0.15) is 0 Å². The number of hydrogen-bond acceptors (Lipinski definition) is 2. The molecule has 0 aliphatic carbocycles. The number of ether oxygens (including phenoxy) is 1. The molecular weight excluding hydrogens is 372 g/mol. The molecule has 1 amide bonds. The minimum absolute atomic E-state index is 0.0367. The van der Waals surface area contributed by atoms with E-state index in [0.717, 1.165) is 29.9 Å². The molecule has 4 aromatic rings. The second kappa shape index (κ2) is 8.07. The van der Waals surface area contributed by atoms with Gasteiger partial charge < -0.3 is 15.0 Å². The van der Waals surface area contributed by atoms with Crippen LogP contribution >= 0.6 is 0 Å². The van der Waals surface area contributed by atoms with E-state index in [1.165, 1.54) is 22.1 Å². The normalized spacial score (nSPS) is 13.6. The van der Waals surface area contributed by atoms with Gasteiger partial charge in [0.2, 0.25) is 5.91 Å². The maximum Gasteiger partial charge on any atom is 0.224 e. The largest absolute Gasteiger partial charge is 0.493 e.